The van der Waals surface area contributed by atoms with Crippen molar-refractivity contribution in [1.29, 1.82) is 0 Å². The van der Waals surface area contributed by atoms with Crippen molar-refractivity contribution in [1.82, 2.24) is 0 Å². The van der Waals surface area contributed by atoms with Crippen LogP contribution in [0.15, 0.2) is 229 Å². The molecule has 0 amide bonds. The van der Waals surface area contributed by atoms with Crippen molar-refractivity contribution >= 4 is 39.0 Å². The van der Waals surface area contributed by atoms with E-state index < -0.39 is 10.8 Å². The van der Waals surface area contributed by atoms with Crippen molar-refractivity contribution in [3.63, 3.8) is 0 Å². The first kappa shape index (κ1) is 35.1. The molecule has 11 aromatic rings. The van der Waals surface area contributed by atoms with Crippen molar-refractivity contribution < 1.29 is 9.15 Å². The molecule has 3 aliphatic carbocycles. The lowest BCUT2D eigenvalue weighted by Crippen LogP contribution is -2.32. The Hall–Kier alpha value is -8.40. The zero-order valence-electron chi connectivity index (χ0n) is 35.1. The Morgan fingerprint density at radius 3 is 1.43 bits per heavy atom. The van der Waals surface area contributed by atoms with Crippen molar-refractivity contribution in [2.24, 2.45) is 0 Å². The molecular formula is C62H37NO2. The third kappa shape index (κ3) is 4.26. The van der Waals surface area contributed by atoms with E-state index in [2.05, 4.69) is 229 Å². The van der Waals surface area contributed by atoms with Crippen LogP contribution in [0, 0.1) is 0 Å². The van der Waals surface area contributed by atoms with E-state index in [1.807, 2.05) is 0 Å². The van der Waals surface area contributed by atoms with E-state index in [0.29, 0.717) is 0 Å². The maximum absolute atomic E-state index is 6.99. The lowest BCUT2D eigenvalue weighted by Gasteiger charge is -2.40. The lowest BCUT2D eigenvalue weighted by molar-refractivity contribution is 0.436. The Bertz CT molecular complexity index is 3740. The minimum absolute atomic E-state index is 0.582. The summed E-state index contributed by atoms with van der Waals surface area (Å²) in [6, 6.07) is 82.5. The summed E-state index contributed by atoms with van der Waals surface area (Å²) in [5.41, 5.74) is 21.2. The van der Waals surface area contributed by atoms with Gasteiger partial charge in [-0.15, -0.1) is 0 Å². The molecule has 2 spiro atoms. The van der Waals surface area contributed by atoms with Gasteiger partial charge in [0.15, 0.2) is 0 Å². The maximum atomic E-state index is 6.99. The number of hydrogen-bond acceptors (Lipinski definition) is 3. The smallest absolute Gasteiger partial charge is 0.137 e. The first-order valence-corrected chi connectivity index (χ1v) is 22.5. The van der Waals surface area contributed by atoms with E-state index in [1.54, 1.807) is 0 Å². The van der Waals surface area contributed by atoms with Crippen LogP contribution in [0.3, 0.4) is 0 Å². The minimum atomic E-state index is -0.632. The number of hydrogen-bond donors (Lipinski definition) is 0. The molecule has 10 aromatic carbocycles. The number of fused-ring (bicyclic) bond motifs is 22. The predicted molar refractivity (Wildman–Crippen MR) is 262 cm³/mol. The molecule has 0 atom stereocenters. The first-order valence-electron chi connectivity index (χ1n) is 22.5. The second-order valence-corrected chi connectivity index (χ2v) is 17.8. The number of anilines is 3. The summed E-state index contributed by atoms with van der Waals surface area (Å²) in [6.45, 7) is 0. The first-order chi connectivity index (χ1) is 32.3. The Kier molecular flexibility index (Phi) is 6.82. The Labute approximate surface area is 376 Å². The molecule has 0 N–H and O–H groups in total. The molecule has 65 heavy (non-hydrogen) atoms. The summed E-state index contributed by atoms with van der Waals surface area (Å²) < 4.78 is 13.7. The van der Waals surface area contributed by atoms with Gasteiger partial charge in [-0.2, -0.15) is 0 Å². The van der Waals surface area contributed by atoms with Crippen LogP contribution in [0.2, 0.25) is 0 Å². The van der Waals surface area contributed by atoms with Crippen LogP contribution in [0.1, 0.15) is 44.5 Å². The lowest BCUT2D eigenvalue weighted by atomic mass is 9.66. The van der Waals surface area contributed by atoms with Crippen LogP contribution >= 0.6 is 0 Å². The molecule has 3 nitrogen and oxygen atoms in total. The highest BCUT2D eigenvalue weighted by atomic mass is 16.5. The summed E-state index contributed by atoms with van der Waals surface area (Å²) in [4.78, 5) is 2.53. The van der Waals surface area contributed by atoms with Gasteiger partial charge in [-0.1, -0.05) is 176 Å². The number of benzene rings is 10. The molecule has 1 aliphatic heterocycles. The largest absolute Gasteiger partial charge is 0.457 e. The molecule has 4 aliphatic rings. The van der Waals surface area contributed by atoms with E-state index in [-0.39, 0.29) is 0 Å². The summed E-state index contributed by atoms with van der Waals surface area (Å²) in [5.74, 6) is 1.73. The van der Waals surface area contributed by atoms with E-state index in [0.717, 1.165) is 61.6 Å². The van der Waals surface area contributed by atoms with E-state index in [4.69, 9.17) is 9.15 Å². The Morgan fingerprint density at radius 1 is 0.323 bits per heavy atom. The van der Waals surface area contributed by atoms with Gasteiger partial charge >= 0.3 is 0 Å². The van der Waals surface area contributed by atoms with Crippen LogP contribution in [0.5, 0.6) is 11.5 Å². The van der Waals surface area contributed by atoms with Gasteiger partial charge in [0.2, 0.25) is 0 Å². The van der Waals surface area contributed by atoms with Gasteiger partial charge in [0, 0.05) is 27.8 Å². The van der Waals surface area contributed by atoms with Crippen molar-refractivity contribution in [2.45, 2.75) is 10.8 Å². The molecule has 1 aromatic heterocycles. The second-order valence-electron chi connectivity index (χ2n) is 17.8. The van der Waals surface area contributed by atoms with Crippen LogP contribution in [0.25, 0.3) is 55.3 Å². The van der Waals surface area contributed by atoms with E-state index >= 15 is 0 Å². The zero-order chi connectivity index (χ0) is 42.4. The van der Waals surface area contributed by atoms with Gasteiger partial charge in [0.1, 0.15) is 22.7 Å². The van der Waals surface area contributed by atoms with Gasteiger partial charge in [-0.05, 0) is 110 Å². The molecule has 3 heteroatoms. The molecule has 0 bridgehead atoms. The number of nitrogens with zero attached hydrogens (tertiary/aromatic N) is 1. The molecule has 0 saturated carbocycles. The normalized spacial score (nSPS) is 14.5. The van der Waals surface area contributed by atoms with Crippen LogP contribution in [0.4, 0.5) is 17.1 Å². The number of para-hydroxylation sites is 2. The van der Waals surface area contributed by atoms with E-state index in [1.165, 1.54) is 66.8 Å². The fourth-order valence-electron chi connectivity index (χ4n) is 12.7. The highest BCUT2D eigenvalue weighted by Crippen LogP contribution is 2.67. The standard InChI is InChI=1S/C62H37NO2/c1-7-24-46-39(17-1)40-18-2-8-25-47(40)61(46)51-29-12-14-33-56(51)65-57-36-35-38(37-52(57)61)63(53-30-16-34-58-59(53)45-22-6-13-32-55(45)64-58)54-31-15-23-44-43-21-5-11-28-50(43)62(60(44)54)48-26-9-3-19-41(48)42-20-4-10-27-49(42)62/h1-37H. The van der Waals surface area contributed by atoms with Crippen LogP contribution in [-0.2, 0) is 10.8 Å². The molecule has 15 rings (SSSR count). The predicted octanol–water partition coefficient (Wildman–Crippen LogP) is 15.9. The molecular weight excluding hydrogens is 791 g/mol. The molecule has 0 radical (unpaired) electrons. The fraction of sp³-hybridized carbons (Fsp3) is 0.0323. The highest BCUT2D eigenvalue weighted by Gasteiger charge is 2.54. The van der Waals surface area contributed by atoms with Crippen LogP contribution < -0.4 is 9.64 Å². The summed E-state index contributed by atoms with van der Waals surface area (Å²) in [6.07, 6.45) is 0. The maximum Gasteiger partial charge on any atom is 0.137 e. The number of furan rings is 1. The minimum Gasteiger partial charge on any atom is -0.457 e. The number of rotatable bonds is 3. The zero-order valence-corrected chi connectivity index (χ0v) is 35.1. The fourth-order valence-corrected chi connectivity index (χ4v) is 12.7. The average molecular weight is 828 g/mol. The van der Waals surface area contributed by atoms with E-state index in [9.17, 15) is 0 Å². The molecule has 302 valence electrons. The van der Waals surface area contributed by atoms with Gasteiger partial charge < -0.3 is 14.1 Å². The highest BCUT2D eigenvalue weighted by molar-refractivity contribution is 6.14. The van der Waals surface area contributed by atoms with Crippen molar-refractivity contribution in [3.8, 4) is 44.9 Å². The Balaban J connectivity index is 1.09. The molecule has 0 saturated heterocycles. The van der Waals surface area contributed by atoms with Crippen LogP contribution in [-0.4, -0.2) is 0 Å². The number of ether oxygens (including phenoxy) is 1. The molecule has 0 unspecified atom stereocenters. The molecule has 2 heterocycles. The third-order valence-corrected chi connectivity index (χ3v) is 14.9. The monoisotopic (exact) mass is 827 g/mol. The SMILES string of the molecule is c1ccc2c(c1)Oc1ccc(N(c3cccc4c3C3(c5ccccc5-c5ccccc53)c3ccccc3-4)c3cccc4oc5ccccc5c34)cc1C21c2ccccc2-c2ccccc21. The topological polar surface area (TPSA) is 25.6 Å². The Morgan fingerprint density at radius 2 is 0.785 bits per heavy atom. The summed E-state index contributed by atoms with van der Waals surface area (Å²) >= 11 is 0. The third-order valence-electron chi connectivity index (χ3n) is 14.9. The average Bonchev–Trinajstić information content (AvgIpc) is 4.08. The van der Waals surface area contributed by atoms with Crippen molar-refractivity contribution in [2.75, 3.05) is 4.90 Å². The summed E-state index contributed by atoms with van der Waals surface area (Å²) in [5, 5.41) is 2.15. The molecule has 0 fully saturated rings. The van der Waals surface area contributed by atoms with Gasteiger partial charge in [0.05, 0.1) is 27.6 Å². The van der Waals surface area contributed by atoms with Crippen molar-refractivity contribution in [3.05, 3.63) is 269 Å². The second kappa shape index (κ2) is 12.6. The van der Waals surface area contributed by atoms with Gasteiger partial charge in [-0.3, -0.25) is 0 Å². The quantitative estimate of drug-likeness (QED) is 0.177. The summed E-state index contributed by atoms with van der Waals surface area (Å²) in [7, 11) is 0. The van der Waals surface area contributed by atoms with Gasteiger partial charge in [0.25, 0.3) is 0 Å². The van der Waals surface area contributed by atoms with Gasteiger partial charge in [-0.25, -0.2) is 0 Å².